The maximum atomic E-state index is 12.4. The lowest BCUT2D eigenvalue weighted by Gasteiger charge is -2.23. The lowest BCUT2D eigenvalue weighted by Crippen LogP contribution is -2.37. The number of hydrogen-bond donors (Lipinski definition) is 1. The predicted octanol–water partition coefficient (Wildman–Crippen LogP) is 4.60. The number of nitrogens with zero attached hydrogens (tertiary/aromatic N) is 1. The Balaban J connectivity index is 2.22. The molecular formula is C18H18Cl2N2O2. The molecule has 4 nitrogen and oxygen atoms in total. The van der Waals surface area contributed by atoms with Crippen molar-refractivity contribution in [1.82, 2.24) is 0 Å². The zero-order valence-electron chi connectivity index (χ0n) is 13.7. The fourth-order valence-corrected chi connectivity index (χ4v) is 2.64. The van der Waals surface area contributed by atoms with Gasteiger partial charge >= 0.3 is 0 Å². The minimum absolute atomic E-state index is 0.109. The molecular weight excluding hydrogens is 347 g/mol. The van der Waals surface area contributed by atoms with Gasteiger partial charge in [0.05, 0.1) is 10.7 Å². The second-order valence-corrected chi connectivity index (χ2v) is 6.41. The molecule has 126 valence electrons. The van der Waals surface area contributed by atoms with Crippen molar-refractivity contribution in [2.24, 2.45) is 0 Å². The predicted molar refractivity (Wildman–Crippen MR) is 99.0 cm³/mol. The number of benzene rings is 2. The second kappa shape index (κ2) is 7.69. The van der Waals surface area contributed by atoms with Crippen molar-refractivity contribution in [2.45, 2.75) is 20.8 Å². The number of aryl methyl sites for hydroxylation is 2. The number of anilines is 2. The third kappa shape index (κ3) is 4.49. The molecule has 0 aliphatic rings. The highest BCUT2D eigenvalue weighted by atomic mass is 35.5. The van der Waals surface area contributed by atoms with Gasteiger partial charge in [-0.3, -0.25) is 9.59 Å². The first-order chi connectivity index (χ1) is 11.3. The van der Waals surface area contributed by atoms with E-state index < -0.39 is 0 Å². The Hall–Kier alpha value is -2.04. The lowest BCUT2D eigenvalue weighted by molar-refractivity contribution is -0.120. The molecule has 24 heavy (non-hydrogen) atoms. The molecule has 0 fully saturated rings. The Morgan fingerprint density at radius 2 is 1.79 bits per heavy atom. The first kappa shape index (κ1) is 18.3. The Morgan fingerprint density at radius 1 is 1.08 bits per heavy atom. The highest BCUT2D eigenvalue weighted by Crippen LogP contribution is 2.26. The highest BCUT2D eigenvalue weighted by molar-refractivity contribution is 6.35. The molecule has 0 heterocycles. The minimum atomic E-state index is -0.352. The van der Waals surface area contributed by atoms with Crippen molar-refractivity contribution in [1.29, 1.82) is 0 Å². The third-order valence-corrected chi connectivity index (χ3v) is 4.10. The molecule has 0 aliphatic carbocycles. The van der Waals surface area contributed by atoms with Crippen LogP contribution in [0.2, 0.25) is 10.0 Å². The molecule has 6 heteroatoms. The molecule has 2 aromatic rings. The summed E-state index contributed by atoms with van der Waals surface area (Å²) >= 11 is 12.0. The maximum Gasteiger partial charge on any atom is 0.244 e. The number of amides is 2. The monoisotopic (exact) mass is 364 g/mol. The van der Waals surface area contributed by atoms with Crippen LogP contribution in [0.4, 0.5) is 11.4 Å². The van der Waals surface area contributed by atoms with Gasteiger partial charge in [0.1, 0.15) is 6.54 Å². The number of carbonyl (C=O) groups is 2. The number of halogens is 2. The molecule has 2 amide bonds. The first-order valence-corrected chi connectivity index (χ1v) is 8.14. The van der Waals surface area contributed by atoms with Gasteiger partial charge in [0.15, 0.2) is 0 Å². The molecule has 0 aromatic heterocycles. The third-order valence-electron chi connectivity index (χ3n) is 3.54. The number of rotatable bonds is 4. The van der Waals surface area contributed by atoms with E-state index in [9.17, 15) is 9.59 Å². The first-order valence-electron chi connectivity index (χ1n) is 7.38. The molecule has 0 spiro atoms. The van der Waals surface area contributed by atoms with Gasteiger partial charge in [0.2, 0.25) is 11.8 Å². The molecule has 0 aliphatic heterocycles. The summed E-state index contributed by atoms with van der Waals surface area (Å²) in [6, 6.07) is 10.6. The summed E-state index contributed by atoms with van der Waals surface area (Å²) in [5.74, 6) is -0.564. The van der Waals surface area contributed by atoms with Crippen molar-refractivity contribution in [3.63, 3.8) is 0 Å². The van der Waals surface area contributed by atoms with Crippen molar-refractivity contribution in [2.75, 3.05) is 16.8 Å². The Labute approximate surface area is 151 Å². The number of nitrogens with one attached hydrogen (secondary N) is 1. The van der Waals surface area contributed by atoms with Crippen LogP contribution in [0.5, 0.6) is 0 Å². The summed E-state index contributed by atoms with van der Waals surface area (Å²) in [6.45, 7) is 5.16. The molecule has 1 N–H and O–H groups in total. The maximum absolute atomic E-state index is 12.4. The zero-order chi connectivity index (χ0) is 17.9. The van der Waals surface area contributed by atoms with Gasteiger partial charge < -0.3 is 10.2 Å². The van der Waals surface area contributed by atoms with E-state index in [4.69, 9.17) is 23.2 Å². The van der Waals surface area contributed by atoms with E-state index in [-0.39, 0.29) is 18.4 Å². The molecule has 0 atom stereocenters. The average Bonchev–Trinajstić information content (AvgIpc) is 2.51. The van der Waals surface area contributed by atoms with Crippen LogP contribution in [0.3, 0.4) is 0 Å². The topological polar surface area (TPSA) is 49.4 Å². The summed E-state index contributed by atoms with van der Waals surface area (Å²) in [4.78, 5) is 25.8. The van der Waals surface area contributed by atoms with Crippen molar-refractivity contribution < 1.29 is 9.59 Å². The fraction of sp³-hybridized carbons (Fsp3) is 0.222. The lowest BCUT2D eigenvalue weighted by atomic mass is 10.1. The van der Waals surface area contributed by atoms with Gasteiger partial charge in [-0.25, -0.2) is 0 Å². The normalized spacial score (nSPS) is 10.4. The van der Waals surface area contributed by atoms with Crippen LogP contribution in [0.15, 0.2) is 36.4 Å². The van der Waals surface area contributed by atoms with E-state index in [1.807, 2.05) is 32.0 Å². The summed E-state index contributed by atoms with van der Waals surface area (Å²) in [6.07, 6.45) is 0. The summed E-state index contributed by atoms with van der Waals surface area (Å²) < 4.78 is 0. The molecule has 2 aromatic carbocycles. The van der Waals surface area contributed by atoms with Gasteiger partial charge in [-0.05, 0) is 49.2 Å². The van der Waals surface area contributed by atoms with Crippen LogP contribution in [-0.2, 0) is 9.59 Å². The van der Waals surface area contributed by atoms with E-state index in [0.717, 1.165) is 16.8 Å². The minimum Gasteiger partial charge on any atom is -0.323 e. The zero-order valence-corrected chi connectivity index (χ0v) is 15.2. The molecule has 0 saturated heterocycles. The van der Waals surface area contributed by atoms with Crippen molar-refractivity contribution in [3.8, 4) is 0 Å². The van der Waals surface area contributed by atoms with Crippen LogP contribution in [0, 0.1) is 13.8 Å². The van der Waals surface area contributed by atoms with E-state index in [2.05, 4.69) is 5.32 Å². The molecule has 0 saturated carbocycles. The molecule has 0 bridgehead atoms. The highest BCUT2D eigenvalue weighted by Gasteiger charge is 2.18. The number of hydrogen-bond acceptors (Lipinski definition) is 2. The van der Waals surface area contributed by atoms with Gasteiger partial charge in [0.25, 0.3) is 0 Å². The SMILES string of the molecule is CC(=O)N(CC(=O)Nc1cc(Cl)ccc1Cl)c1cc(C)ccc1C. The van der Waals surface area contributed by atoms with E-state index in [1.54, 1.807) is 18.2 Å². The van der Waals surface area contributed by atoms with Crippen LogP contribution >= 0.6 is 23.2 Å². The average molecular weight is 365 g/mol. The molecule has 2 rings (SSSR count). The van der Waals surface area contributed by atoms with Crippen LogP contribution in [0.25, 0.3) is 0 Å². The Morgan fingerprint density at radius 3 is 2.46 bits per heavy atom. The van der Waals surface area contributed by atoms with Crippen molar-refractivity contribution in [3.05, 3.63) is 57.6 Å². The Kier molecular flexibility index (Phi) is 5.86. The van der Waals surface area contributed by atoms with E-state index in [1.165, 1.54) is 11.8 Å². The van der Waals surface area contributed by atoms with Gasteiger partial charge in [0, 0.05) is 17.6 Å². The largest absolute Gasteiger partial charge is 0.323 e. The van der Waals surface area contributed by atoms with Gasteiger partial charge in [-0.1, -0.05) is 35.3 Å². The van der Waals surface area contributed by atoms with Crippen LogP contribution < -0.4 is 10.2 Å². The van der Waals surface area contributed by atoms with Crippen LogP contribution in [0.1, 0.15) is 18.1 Å². The second-order valence-electron chi connectivity index (χ2n) is 5.57. The quantitative estimate of drug-likeness (QED) is 0.861. The smallest absolute Gasteiger partial charge is 0.244 e. The summed E-state index contributed by atoms with van der Waals surface area (Å²) in [5.41, 5.74) is 3.07. The molecule has 0 radical (unpaired) electrons. The van der Waals surface area contributed by atoms with E-state index >= 15 is 0 Å². The summed E-state index contributed by atoms with van der Waals surface area (Å²) in [7, 11) is 0. The Bertz CT molecular complexity index is 791. The fourth-order valence-electron chi connectivity index (χ4n) is 2.30. The van der Waals surface area contributed by atoms with E-state index in [0.29, 0.717) is 15.7 Å². The summed E-state index contributed by atoms with van der Waals surface area (Å²) in [5, 5.41) is 3.54. The van der Waals surface area contributed by atoms with Crippen molar-refractivity contribution >= 4 is 46.4 Å². The number of carbonyl (C=O) groups excluding carboxylic acids is 2. The van der Waals surface area contributed by atoms with Gasteiger partial charge in [-0.2, -0.15) is 0 Å². The molecule has 0 unspecified atom stereocenters. The standard InChI is InChI=1S/C18H18Cl2N2O2/c1-11-4-5-12(2)17(8-11)22(13(3)23)10-18(24)21-16-9-14(19)6-7-15(16)20/h4-9H,10H2,1-3H3,(H,21,24). The van der Waals surface area contributed by atoms with Crippen LogP contribution in [-0.4, -0.2) is 18.4 Å². The van der Waals surface area contributed by atoms with Gasteiger partial charge in [-0.15, -0.1) is 0 Å².